The first kappa shape index (κ1) is 18.9. The Balaban J connectivity index is 1.66. The van der Waals surface area contributed by atoms with Crippen LogP contribution >= 0.6 is 0 Å². The van der Waals surface area contributed by atoms with Crippen molar-refractivity contribution in [3.63, 3.8) is 0 Å². The summed E-state index contributed by atoms with van der Waals surface area (Å²) in [6, 6.07) is 4.01. The van der Waals surface area contributed by atoms with E-state index in [0.717, 1.165) is 22.3 Å². The van der Waals surface area contributed by atoms with Crippen molar-refractivity contribution in [1.29, 1.82) is 0 Å². The average molecular weight is 369 g/mol. The van der Waals surface area contributed by atoms with Crippen molar-refractivity contribution in [2.75, 3.05) is 6.54 Å². The van der Waals surface area contributed by atoms with Crippen LogP contribution in [0.2, 0.25) is 0 Å². The summed E-state index contributed by atoms with van der Waals surface area (Å²) < 4.78 is 4.51. The minimum atomic E-state index is -0.687. The zero-order valence-electron chi connectivity index (χ0n) is 16.0. The Hall–Kier alpha value is -2.83. The second kappa shape index (κ2) is 7.42. The molecule has 0 radical (unpaired) electrons. The lowest BCUT2D eigenvalue weighted by Gasteiger charge is -2.16. The summed E-state index contributed by atoms with van der Waals surface area (Å²) in [4.78, 5) is 37.5. The molecular weight excluding hydrogens is 346 g/mol. The third kappa shape index (κ3) is 3.67. The number of Topliss-reactive ketones (excluding diaryl/α,β-unsaturated/α-hetero) is 2. The average Bonchev–Trinajstić information content (AvgIpc) is 3.12. The van der Waals surface area contributed by atoms with Crippen molar-refractivity contribution in [3.8, 4) is 0 Å². The topological polar surface area (TPSA) is 102 Å². The van der Waals surface area contributed by atoms with Crippen molar-refractivity contribution in [3.05, 3.63) is 45.8 Å². The number of nitrogens with one attached hydrogen (secondary N) is 1. The molecule has 142 valence electrons. The summed E-state index contributed by atoms with van der Waals surface area (Å²) >= 11 is 0. The van der Waals surface area contributed by atoms with Crippen molar-refractivity contribution < 1.29 is 19.0 Å². The van der Waals surface area contributed by atoms with E-state index in [1.165, 1.54) is 0 Å². The van der Waals surface area contributed by atoms with Gasteiger partial charge in [0.15, 0.2) is 11.5 Å². The highest BCUT2D eigenvalue weighted by Crippen LogP contribution is 2.37. The van der Waals surface area contributed by atoms with Gasteiger partial charge in [-0.3, -0.25) is 14.4 Å². The minimum Gasteiger partial charge on any atom is -0.351 e. The number of ketones is 2. The number of carbonyl (C=O) groups is 3. The van der Waals surface area contributed by atoms with Gasteiger partial charge in [0.2, 0.25) is 0 Å². The smallest absolute Gasteiger partial charge is 0.275 e. The Morgan fingerprint density at radius 2 is 1.81 bits per heavy atom. The normalized spacial score (nSPS) is 19.6. The van der Waals surface area contributed by atoms with Gasteiger partial charge in [0.25, 0.3) is 5.91 Å². The van der Waals surface area contributed by atoms with Crippen LogP contribution in [-0.2, 0) is 9.59 Å². The number of carbonyl (C=O) groups excluding carboxylic acids is 3. The quantitative estimate of drug-likeness (QED) is 0.812. The lowest BCUT2D eigenvalue weighted by Crippen LogP contribution is -2.28. The molecule has 3 rings (SSSR count). The highest BCUT2D eigenvalue weighted by Gasteiger charge is 2.42. The van der Waals surface area contributed by atoms with Crippen molar-refractivity contribution in [1.82, 2.24) is 15.6 Å². The maximum Gasteiger partial charge on any atom is 0.275 e. The molecule has 1 aliphatic carbocycles. The van der Waals surface area contributed by atoms with Crippen LogP contribution < -0.4 is 5.32 Å². The van der Waals surface area contributed by atoms with Gasteiger partial charge in [0.05, 0.1) is 0 Å². The van der Waals surface area contributed by atoms with Crippen molar-refractivity contribution in [2.45, 2.75) is 46.5 Å². The number of nitrogens with zero attached hydrogens (tertiary/aromatic N) is 2. The van der Waals surface area contributed by atoms with Gasteiger partial charge in [0, 0.05) is 18.9 Å². The summed E-state index contributed by atoms with van der Waals surface area (Å²) in [5, 5.41) is 9.83. The number of aromatic nitrogens is 2. The maximum absolute atomic E-state index is 12.9. The molecule has 7 nitrogen and oxygen atoms in total. The van der Waals surface area contributed by atoms with Crippen LogP contribution in [0.3, 0.4) is 0 Å². The van der Waals surface area contributed by atoms with Gasteiger partial charge in [-0.15, -0.1) is 0 Å². The highest BCUT2D eigenvalue weighted by molar-refractivity contribution is 6.15. The van der Waals surface area contributed by atoms with Crippen LogP contribution in [0.5, 0.6) is 0 Å². The van der Waals surface area contributed by atoms with E-state index in [2.05, 4.69) is 20.3 Å². The number of hydrogen-bond acceptors (Lipinski definition) is 6. The van der Waals surface area contributed by atoms with E-state index in [1.54, 1.807) is 6.92 Å². The Kier molecular flexibility index (Phi) is 5.21. The van der Waals surface area contributed by atoms with Crippen LogP contribution in [0.15, 0.2) is 16.8 Å². The zero-order valence-corrected chi connectivity index (χ0v) is 16.0. The molecule has 1 heterocycles. The fraction of sp³-hybridized carbons (Fsp3) is 0.450. The monoisotopic (exact) mass is 369 g/mol. The summed E-state index contributed by atoms with van der Waals surface area (Å²) in [6.07, 6.45) is 0.637. The molecule has 2 aromatic rings. The Labute approximate surface area is 157 Å². The molecule has 0 spiro atoms. The van der Waals surface area contributed by atoms with Crippen LogP contribution in [-0.4, -0.2) is 34.3 Å². The van der Waals surface area contributed by atoms with E-state index >= 15 is 0 Å². The van der Waals surface area contributed by atoms with Gasteiger partial charge in [0.1, 0.15) is 17.4 Å². The van der Waals surface area contributed by atoms with Crippen LogP contribution in [0.4, 0.5) is 0 Å². The van der Waals surface area contributed by atoms with Gasteiger partial charge in [-0.25, -0.2) is 4.63 Å². The minimum absolute atomic E-state index is 0.0390. The third-order valence-electron chi connectivity index (χ3n) is 5.13. The lowest BCUT2D eigenvalue weighted by atomic mass is 9.86. The predicted molar refractivity (Wildman–Crippen MR) is 97.5 cm³/mol. The van der Waals surface area contributed by atoms with E-state index < -0.39 is 11.8 Å². The van der Waals surface area contributed by atoms with Crippen molar-refractivity contribution in [2.24, 2.45) is 5.92 Å². The fourth-order valence-corrected chi connectivity index (χ4v) is 3.93. The number of amides is 1. The summed E-state index contributed by atoms with van der Waals surface area (Å²) in [5.41, 5.74) is 4.44. The molecule has 1 saturated carbocycles. The molecule has 0 bridgehead atoms. The van der Waals surface area contributed by atoms with Crippen molar-refractivity contribution >= 4 is 17.5 Å². The Morgan fingerprint density at radius 1 is 1.15 bits per heavy atom. The van der Waals surface area contributed by atoms with E-state index in [4.69, 9.17) is 0 Å². The number of rotatable bonds is 5. The van der Waals surface area contributed by atoms with E-state index in [1.807, 2.05) is 32.9 Å². The second-order valence-corrected chi connectivity index (χ2v) is 7.26. The second-order valence-electron chi connectivity index (χ2n) is 7.26. The molecule has 1 aromatic carbocycles. The molecule has 2 atom stereocenters. The number of aryl methyl sites for hydroxylation is 4. The van der Waals surface area contributed by atoms with Crippen LogP contribution in [0.25, 0.3) is 0 Å². The Morgan fingerprint density at radius 3 is 2.41 bits per heavy atom. The first-order valence-corrected chi connectivity index (χ1v) is 9.01. The molecule has 1 aromatic heterocycles. The van der Waals surface area contributed by atoms with E-state index in [0.29, 0.717) is 12.1 Å². The number of hydrogen-bond donors (Lipinski definition) is 1. The largest absolute Gasteiger partial charge is 0.351 e. The fourth-order valence-electron chi connectivity index (χ4n) is 3.93. The third-order valence-corrected chi connectivity index (χ3v) is 5.13. The summed E-state index contributed by atoms with van der Waals surface area (Å²) in [7, 11) is 0. The van der Waals surface area contributed by atoms with E-state index in [-0.39, 0.29) is 36.1 Å². The summed E-state index contributed by atoms with van der Waals surface area (Å²) in [5.74, 6) is -1.55. The molecule has 1 N–H and O–H groups in total. The van der Waals surface area contributed by atoms with Gasteiger partial charge in [-0.1, -0.05) is 22.9 Å². The molecule has 2 unspecified atom stereocenters. The lowest BCUT2D eigenvalue weighted by molar-refractivity contribution is -0.124. The molecule has 1 fully saturated rings. The summed E-state index contributed by atoms with van der Waals surface area (Å²) in [6.45, 7) is 7.80. The van der Waals surface area contributed by atoms with Gasteiger partial charge in [-0.2, -0.15) is 0 Å². The molecule has 0 saturated heterocycles. The van der Waals surface area contributed by atoms with Gasteiger partial charge in [-0.05, 0) is 56.0 Å². The SMILES string of the molecule is Cc1cc(C)c(C2C(=O)CC(CCNC(=O)c3nonc3C)C2=O)c(C)c1. The molecule has 0 aliphatic heterocycles. The standard InChI is InChI=1S/C20H23N3O4/c1-10-7-11(2)16(12(3)8-10)17-15(24)9-14(19(17)25)5-6-21-20(26)18-13(4)22-27-23-18/h7-8,14,17H,5-6,9H2,1-4H3,(H,21,26). The van der Waals surface area contributed by atoms with Crippen LogP contribution in [0.1, 0.15) is 57.2 Å². The highest BCUT2D eigenvalue weighted by atomic mass is 16.6. The van der Waals surface area contributed by atoms with E-state index in [9.17, 15) is 14.4 Å². The number of benzene rings is 1. The molecule has 27 heavy (non-hydrogen) atoms. The Bertz CT molecular complexity index is 893. The predicted octanol–water partition coefficient (Wildman–Crippen LogP) is 2.37. The first-order chi connectivity index (χ1) is 12.8. The first-order valence-electron chi connectivity index (χ1n) is 9.01. The molecule has 1 aliphatic rings. The van der Waals surface area contributed by atoms with Gasteiger partial charge >= 0.3 is 0 Å². The maximum atomic E-state index is 12.9. The zero-order chi connectivity index (χ0) is 19.7. The van der Waals surface area contributed by atoms with Gasteiger partial charge < -0.3 is 5.32 Å². The van der Waals surface area contributed by atoms with Crippen LogP contribution in [0, 0.1) is 33.6 Å². The molecule has 7 heteroatoms. The molecule has 1 amide bonds. The molecular formula is C20H23N3O4.